The van der Waals surface area contributed by atoms with Crippen molar-refractivity contribution < 1.29 is 9.53 Å². The smallest absolute Gasteiger partial charge is 0.222 e. The Morgan fingerprint density at radius 3 is 2.68 bits per heavy atom. The molecule has 3 rings (SSSR count). The fourth-order valence-electron chi connectivity index (χ4n) is 4.42. The van der Waals surface area contributed by atoms with Crippen molar-refractivity contribution in [2.24, 2.45) is 0 Å². The van der Waals surface area contributed by atoms with Gasteiger partial charge in [0, 0.05) is 63.9 Å². The van der Waals surface area contributed by atoms with Crippen LogP contribution in [0.25, 0.3) is 0 Å². The molecule has 3 heterocycles. The van der Waals surface area contributed by atoms with E-state index >= 15 is 0 Å². The maximum Gasteiger partial charge on any atom is 0.222 e. The van der Waals surface area contributed by atoms with Crippen molar-refractivity contribution in [1.82, 2.24) is 14.7 Å². The minimum Gasteiger partial charge on any atom is -0.381 e. The SMILES string of the molecule is CCN1CC[C@@]2(CCC1=O)CN(C1CCOCC1)CCN2C. The molecule has 0 aromatic heterocycles. The van der Waals surface area contributed by atoms with E-state index in [1.165, 1.54) is 12.8 Å². The quantitative estimate of drug-likeness (QED) is 0.767. The second-order valence-electron chi connectivity index (χ2n) is 7.18. The van der Waals surface area contributed by atoms with Crippen LogP contribution < -0.4 is 0 Å². The highest BCUT2D eigenvalue weighted by atomic mass is 16.5. The third kappa shape index (κ3) is 3.17. The Bertz CT molecular complexity index is 397. The van der Waals surface area contributed by atoms with E-state index in [0.717, 1.165) is 58.8 Å². The summed E-state index contributed by atoms with van der Waals surface area (Å²) in [5.41, 5.74) is 0.191. The lowest BCUT2D eigenvalue weighted by Crippen LogP contribution is -2.63. The number of hydrogen-bond acceptors (Lipinski definition) is 4. The molecule has 3 aliphatic heterocycles. The zero-order chi connectivity index (χ0) is 15.6. The van der Waals surface area contributed by atoms with Crippen molar-refractivity contribution in [1.29, 1.82) is 0 Å². The minimum atomic E-state index is 0.191. The standard InChI is InChI=1S/C17H31N3O2/c1-3-19-9-8-17(7-4-16(19)21)14-20(11-10-18(17)2)15-5-12-22-13-6-15/h15H,3-14H2,1-2H3/t17-/m0/s1. The van der Waals surface area contributed by atoms with Gasteiger partial charge >= 0.3 is 0 Å². The summed E-state index contributed by atoms with van der Waals surface area (Å²) >= 11 is 0. The van der Waals surface area contributed by atoms with E-state index in [1.54, 1.807) is 0 Å². The van der Waals surface area contributed by atoms with Crippen LogP contribution in [0, 0.1) is 0 Å². The maximum atomic E-state index is 12.2. The molecule has 5 heteroatoms. The molecule has 0 bridgehead atoms. The molecule has 0 N–H and O–H groups in total. The van der Waals surface area contributed by atoms with Crippen molar-refractivity contribution in [2.75, 3.05) is 53.0 Å². The lowest BCUT2D eigenvalue weighted by Gasteiger charge is -2.51. The normalized spacial score (nSPS) is 33.4. The molecule has 126 valence electrons. The van der Waals surface area contributed by atoms with Crippen LogP contribution in [0.2, 0.25) is 0 Å². The van der Waals surface area contributed by atoms with Crippen LogP contribution in [-0.2, 0) is 9.53 Å². The van der Waals surface area contributed by atoms with Crippen LogP contribution in [0.3, 0.4) is 0 Å². The number of nitrogens with zero attached hydrogens (tertiary/aromatic N) is 3. The Morgan fingerprint density at radius 1 is 1.18 bits per heavy atom. The fraction of sp³-hybridized carbons (Fsp3) is 0.941. The molecule has 22 heavy (non-hydrogen) atoms. The number of likely N-dealkylation sites (tertiary alicyclic amines) is 1. The molecule has 3 fully saturated rings. The Balaban J connectivity index is 1.71. The molecular formula is C17H31N3O2. The lowest BCUT2D eigenvalue weighted by molar-refractivity contribution is -0.130. The van der Waals surface area contributed by atoms with Crippen molar-refractivity contribution in [3.63, 3.8) is 0 Å². The van der Waals surface area contributed by atoms with Crippen molar-refractivity contribution >= 4 is 5.91 Å². The van der Waals surface area contributed by atoms with Crippen molar-refractivity contribution in [3.8, 4) is 0 Å². The van der Waals surface area contributed by atoms with Gasteiger partial charge in [-0.15, -0.1) is 0 Å². The van der Waals surface area contributed by atoms with Gasteiger partial charge in [-0.05, 0) is 39.7 Å². The van der Waals surface area contributed by atoms with E-state index in [4.69, 9.17) is 4.74 Å². The topological polar surface area (TPSA) is 36.0 Å². The van der Waals surface area contributed by atoms with Crippen LogP contribution in [0.15, 0.2) is 0 Å². The molecule has 0 aromatic rings. The molecule has 1 atom stereocenters. The van der Waals surface area contributed by atoms with E-state index in [9.17, 15) is 4.79 Å². The summed E-state index contributed by atoms with van der Waals surface area (Å²) in [7, 11) is 2.26. The Morgan fingerprint density at radius 2 is 1.95 bits per heavy atom. The summed E-state index contributed by atoms with van der Waals surface area (Å²) in [6.07, 6.45) is 5.17. The number of likely N-dealkylation sites (N-methyl/N-ethyl adjacent to an activating group) is 1. The predicted octanol–water partition coefficient (Wildman–Crippen LogP) is 1.18. The van der Waals surface area contributed by atoms with Crippen LogP contribution >= 0.6 is 0 Å². The number of rotatable bonds is 2. The maximum absolute atomic E-state index is 12.2. The highest BCUT2D eigenvalue weighted by Gasteiger charge is 2.43. The van der Waals surface area contributed by atoms with Crippen LogP contribution in [0.1, 0.15) is 39.0 Å². The number of carbonyl (C=O) groups is 1. The molecule has 0 unspecified atom stereocenters. The van der Waals surface area contributed by atoms with E-state index in [1.807, 2.05) is 4.90 Å². The average molecular weight is 309 g/mol. The molecule has 0 saturated carbocycles. The molecule has 3 saturated heterocycles. The van der Waals surface area contributed by atoms with E-state index < -0.39 is 0 Å². The molecule has 0 aromatic carbocycles. The van der Waals surface area contributed by atoms with Crippen LogP contribution in [0.5, 0.6) is 0 Å². The first-order valence-corrected chi connectivity index (χ1v) is 8.95. The average Bonchev–Trinajstić information content (AvgIpc) is 2.71. The van der Waals surface area contributed by atoms with Gasteiger partial charge in [-0.25, -0.2) is 0 Å². The summed E-state index contributed by atoms with van der Waals surface area (Å²) in [5, 5.41) is 0. The summed E-state index contributed by atoms with van der Waals surface area (Å²) in [6, 6.07) is 0.681. The van der Waals surface area contributed by atoms with E-state index in [0.29, 0.717) is 18.4 Å². The van der Waals surface area contributed by atoms with Gasteiger partial charge in [-0.3, -0.25) is 14.6 Å². The number of piperazine rings is 1. The largest absolute Gasteiger partial charge is 0.381 e. The predicted molar refractivity (Wildman–Crippen MR) is 86.9 cm³/mol. The van der Waals surface area contributed by atoms with Gasteiger partial charge < -0.3 is 9.64 Å². The Kier molecular flexibility index (Phi) is 5.05. The van der Waals surface area contributed by atoms with Crippen LogP contribution in [-0.4, -0.2) is 85.2 Å². The zero-order valence-corrected chi connectivity index (χ0v) is 14.2. The Labute approximate surface area is 134 Å². The van der Waals surface area contributed by atoms with Crippen molar-refractivity contribution in [2.45, 2.75) is 50.6 Å². The first kappa shape index (κ1) is 16.2. The van der Waals surface area contributed by atoms with Gasteiger partial charge in [-0.1, -0.05) is 0 Å². The second kappa shape index (κ2) is 6.85. The first-order chi connectivity index (χ1) is 10.6. The zero-order valence-electron chi connectivity index (χ0n) is 14.2. The van der Waals surface area contributed by atoms with E-state index in [2.05, 4.69) is 23.8 Å². The molecule has 1 spiro atoms. The first-order valence-electron chi connectivity index (χ1n) is 8.95. The number of hydrogen-bond donors (Lipinski definition) is 0. The monoisotopic (exact) mass is 309 g/mol. The van der Waals surface area contributed by atoms with E-state index in [-0.39, 0.29) is 5.54 Å². The Hall–Kier alpha value is -0.650. The highest BCUT2D eigenvalue weighted by molar-refractivity contribution is 5.76. The van der Waals surface area contributed by atoms with Gasteiger partial charge in [0.25, 0.3) is 0 Å². The lowest BCUT2D eigenvalue weighted by atomic mass is 9.85. The van der Waals surface area contributed by atoms with Gasteiger partial charge in [0.05, 0.1) is 0 Å². The third-order valence-electron chi connectivity index (χ3n) is 6.12. The van der Waals surface area contributed by atoms with Crippen LogP contribution in [0.4, 0.5) is 0 Å². The van der Waals surface area contributed by atoms with Gasteiger partial charge in [-0.2, -0.15) is 0 Å². The summed E-state index contributed by atoms with van der Waals surface area (Å²) in [4.78, 5) is 19.5. The number of carbonyl (C=O) groups excluding carboxylic acids is 1. The number of amides is 1. The van der Waals surface area contributed by atoms with Crippen molar-refractivity contribution in [3.05, 3.63) is 0 Å². The molecule has 0 radical (unpaired) electrons. The highest BCUT2D eigenvalue weighted by Crippen LogP contribution is 2.33. The minimum absolute atomic E-state index is 0.191. The molecule has 3 aliphatic rings. The molecule has 0 aliphatic carbocycles. The molecular weight excluding hydrogens is 278 g/mol. The fourth-order valence-corrected chi connectivity index (χ4v) is 4.42. The molecule has 5 nitrogen and oxygen atoms in total. The molecule has 1 amide bonds. The summed E-state index contributed by atoms with van der Waals surface area (Å²) in [6.45, 7) is 9.08. The van der Waals surface area contributed by atoms with Gasteiger partial charge in [0.2, 0.25) is 5.91 Å². The summed E-state index contributed by atoms with van der Waals surface area (Å²) in [5.74, 6) is 0.343. The van der Waals surface area contributed by atoms with Gasteiger partial charge in [0.15, 0.2) is 0 Å². The third-order valence-corrected chi connectivity index (χ3v) is 6.12. The van der Waals surface area contributed by atoms with Gasteiger partial charge in [0.1, 0.15) is 0 Å². The second-order valence-corrected chi connectivity index (χ2v) is 7.18. The number of ether oxygens (including phenoxy) is 1. The summed E-state index contributed by atoms with van der Waals surface area (Å²) < 4.78 is 5.52.